The van der Waals surface area contributed by atoms with E-state index in [1.54, 1.807) is 0 Å². The van der Waals surface area contributed by atoms with Gasteiger partial charge in [-0.15, -0.1) is 6.42 Å². The molecule has 0 radical (unpaired) electrons. The Bertz CT molecular complexity index is 892. The number of imide groups is 2. The quantitative estimate of drug-likeness (QED) is 0.538. The number of halogens is 1. The summed E-state index contributed by atoms with van der Waals surface area (Å²) >= 11 is 0. The van der Waals surface area contributed by atoms with Crippen LogP contribution in [0, 0.1) is 18.2 Å². The van der Waals surface area contributed by atoms with Crippen molar-refractivity contribution in [3.05, 3.63) is 29.1 Å². The Labute approximate surface area is 154 Å². The zero-order valence-corrected chi connectivity index (χ0v) is 14.3. The lowest BCUT2D eigenvalue weighted by molar-refractivity contribution is -0.136. The summed E-state index contributed by atoms with van der Waals surface area (Å²) in [7, 11) is 0. The number of nitrogens with zero attached hydrogens (tertiary/aromatic N) is 2. The number of anilines is 1. The average molecular weight is 372 g/mol. The molecule has 0 spiro atoms. The van der Waals surface area contributed by atoms with Gasteiger partial charge in [-0.25, -0.2) is 4.39 Å². The zero-order chi connectivity index (χ0) is 19.7. The molecule has 0 aliphatic carbocycles. The molecule has 0 aromatic heterocycles. The van der Waals surface area contributed by atoms with Crippen molar-refractivity contribution in [1.29, 1.82) is 0 Å². The molecule has 1 fully saturated rings. The van der Waals surface area contributed by atoms with Crippen LogP contribution in [0.15, 0.2) is 12.1 Å². The van der Waals surface area contributed by atoms with Crippen LogP contribution in [0.2, 0.25) is 0 Å². The fraction of sp³-hybridized carbons (Fsp3) is 0.333. The largest absolute Gasteiger partial charge is 0.357 e. The Balaban J connectivity index is 1.98. The molecule has 2 aliphatic rings. The van der Waals surface area contributed by atoms with Crippen molar-refractivity contribution < 1.29 is 23.6 Å². The van der Waals surface area contributed by atoms with Crippen molar-refractivity contribution in [1.82, 2.24) is 10.2 Å². The minimum atomic E-state index is -1.10. The molecule has 1 unspecified atom stereocenters. The summed E-state index contributed by atoms with van der Waals surface area (Å²) in [6.45, 7) is 0.554. The highest BCUT2D eigenvalue weighted by molar-refractivity contribution is 6.23. The third-order valence-electron chi connectivity index (χ3n) is 4.53. The van der Waals surface area contributed by atoms with E-state index in [1.165, 1.54) is 11.0 Å². The molecular formula is C18H17FN4O4. The topological polar surface area (TPSA) is 113 Å². The highest BCUT2D eigenvalue weighted by Gasteiger charge is 2.45. The van der Waals surface area contributed by atoms with E-state index in [0.29, 0.717) is 0 Å². The molecule has 8 nitrogen and oxygen atoms in total. The van der Waals surface area contributed by atoms with Gasteiger partial charge < -0.3 is 10.6 Å². The van der Waals surface area contributed by atoms with E-state index < -0.39 is 35.5 Å². The second kappa shape index (κ2) is 7.17. The summed E-state index contributed by atoms with van der Waals surface area (Å²) in [5.41, 5.74) is 5.44. The second-order valence-electron chi connectivity index (χ2n) is 6.21. The molecule has 9 heteroatoms. The third-order valence-corrected chi connectivity index (χ3v) is 4.53. The van der Waals surface area contributed by atoms with Crippen molar-refractivity contribution in [2.24, 2.45) is 5.73 Å². The van der Waals surface area contributed by atoms with Gasteiger partial charge >= 0.3 is 0 Å². The number of terminal acetylenes is 1. The van der Waals surface area contributed by atoms with Crippen molar-refractivity contribution >= 4 is 29.3 Å². The molecule has 2 aliphatic heterocycles. The Kier molecular flexibility index (Phi) is 4.92. The van der Waals surface area contributed by atoms with Crippen LogP contribution >= 0.6 is 0 Å². The van der Waals surface area contributed by atoms with Gasteiger partial charge in [0.2, 0.25) is 11.8 Å². The average Bonchev–Trinajstić information content (AvgIpc) is 2.85. The molecule has 0 saturated carbocycles. The SMILES string of the molecule is C#CCN(CCN)c1cc2c(cc1F)C(=O)N(C1CCC(=O)NC1=O)C2=O. The molecule has 140 valence electrons. The van der Waals surface area contributed by atoms with E-state index >= 15 is 0 Å². The first-order valence-corrected chi connectivity index (χ1v) is 8.32. The van der Waals surface area contributed by atoms with E-state index in [4.69, 9.17) is 12.2 Å². The van der Waals surface area contributed by atoms with Gasteiger partial charge in [0.15, 0.2) is 0 Å². The Hall–Kier alpha value is -3.25. The van der Waals surface area contributed by atoms with E-state index in [2.05, 4.69) is 11.2 Å². The van der Waals surface area contributed by atoms with Crippen LogP contribution in [0.3, 0.4) is 0 Å². The number of rotatable bonds is 5. The summed E-state index contributed by atoms with van der Waals surface area (Å²) in [4.78, 5) is 51.0. The molecule has 3 rings (SSSR count). The highest BCUT2D eigenvalue weighted by atomic mass is 19.1. The van der Waals surface area contributed by atoms with Gasteiger partial charge in [0.05, 0.1) is 23.4 Å². The number of benzene rings is 1. The number of carbonyl (C=O) groups excluding carboxylic acids is 4. The normalized spacial score (nSPS) is 19.0. The van der Waals surface area contributed by atoms with Crippen LogP contribution in [0.5, 0.6) is 0 Å². The lowest BCUT2D eigenvalue weighted by atomic mass is 10.0. The van der Waals surface area contributed by atoms with E-state index in [1.807, 2.05) is 0 Å². The lowest BCUT2D eigenvalue weighted by Gasteiger charge is -2.27. The number of piperidine rings is 1. The predicted molar refractivity (Wildman–Crippen MR) is 93.2 cm³/mol. The van der Waals surface area contributed by atoms with Crippen molar-refractivity contribution in [2.45, 2.75) is 18.9 Å². The first-order chi connectivity index (χ1) is 12.9. The van der Waals surface area contributed by atoms with Gasteiger partial charge in [-0.05, 0) is 18.6 Å². The number of nitrogens with one attached hydrogen (secondary N) is 1. The molecular weight excluding hydrogens is 355 g/mol. The summed E-state index contributed by atoms with van der Waals surface area (Å²) < 4.78 is 14.6. The van der Waals surface area contributed by atoms with E-state index in [0.717, 1.165) is 11.0 Å². The first-order valence-electron chi connectivity index (χ1n) is 8.32. The molecule has 27 heavy (non-hydrogen) atoms. The number of fused-ring (bicyclic) bond motifs is 1. The van der Waals surface area contributed by atoms with Gasteiger partial charge in [0.1, 0.15) is 11.9 Å². The van der Waals surface area contributed by atoms with Gasteiger partial charge in [-0.1, -0.05) is 5.92 Å². The molecule has 1 aromatic rings. The maximum Gasteiger partial charge on any atom is 0.262 e. The second-order valence-corrected chi connectivity index (χ2v) is 6.21. The Morgan fingerprint density at radius 2 is 1.93 bits per heavy atom. The summed E-state index contributed by atoms with van der Waals surface area (Å²) in [6, 6.07) is 1.12. The lowest BCUT2D eigenvalue weighted by Crippen LogP contribution is -2.54. The van der Waals surface area contributed by atoms with Gasteiger partial charge in [-0.3, -0.25) is 29.4 Å². The van der Waals surface area contributed by atoms with Gasteiger partial charge in [0.25, 0.3) is 11.8 Å². The fourth-order valence-corrected chi connectivity index (χ4v) is 3.27. The maximum absolute atomic E-state index is 14.6. The molecule has 1 aromatic carbocycles. The smallest absolute Gasteiger partial charge is 0.262 e. The van der Waals surface area contributed by atoms with Gasteiger partial charge in [-0.2, -0.15) is 0 Å². The minimum absolute atomic E-state index is 0.00979. The first kappa shape index (κ1) is 18.5. The van der Waals surface area contributed by atoms with Crippen molar-refractivity contribution in [2.75, 3.05) is 24.5 Å². The van der Waals surface area contributed by atoms with Crippen LogP contribution in [-0.4, -0.2) is 54.2 Å². The van der Waals surface area contributed by atoms with E-state index in [-0.39, 0.29) is 49.3 Å². The van der Waals surface area contributed by atoms with E-state index in [9.17, 15) is 23.6 Å². The molecule has 1 saturated heterocycles. The van der Waals surface area contributed by atoms with Crippen molar-refractivity contribution in [3.8, 4) is 12.3 Å². The summed E-state index contributed by atoms with van der Waals surface area (Å²) in [6.07, 6.45) is 5.34. The third kappa shape index (κ3) is 3.15. The number of hydrogen-bond donors (Lipinski definition) is 2. The molecule has 2 heterocycles. The number of hydrogen-bond acceptors (Lipinski definition) is 6. The number of carbonyl (C=O) groups is 4. The maximum atomic E-state index is 14.6. The van der Waals surface area contributed by atoms with Crippen LogP contribution in [0.1, 0.15) is 33.6 Å². The minimum Gasteiger partial charge on any atom is -0.357 e. The fourth-order valence-electron chi connectivity index (χ4n) is 3.27. The number of nitrogens with two attached hydrogens (primary N) is 1. The molecule has 0 bridgehead atoms. The highest BCUT2D eigenvalue weighted by Crippen LogP contribution is 2.32. The van der Waals surface area contributed by atoms with Crippen LogP contribution in [0.4, 0.5) is 10.1 Å². The standard InChI is InChI=1S/C18H17FN4O4/c1-2-6-22(7-5-20)14-9-11-10(8-12(14)19)17(26)23(18(11)27)13-3-4-15(24)21-16(13)25/h1,8-9,13H,3-7,20H2,(H,21,24,25). The summed E-state index contributed by atoms with van der Waals surface area (Å²) in [5, 5.41) is 2.11. The summed E-state index contributed by atoms with van der Waals surface area (Å²) in [5.74, 6) is -0.990. The molecule has 4 amide bonds. The van der Waals surface area contributed by atoms with Crippen LogP contribution in [0.25, 0.3) is 0 Å². The monoisotopic (exact) mass is 372 g/mol. The van der Waals surface area contributed by atoms with Gasteiger partial charge in [0, 0.05) is 19.5 Å². The van der Waals surface area contributed by atoms with Crippen LogP contribution in [-0.2, 0) is 9.59 Å². The molecule has 1 atom stereocenters. The van der Waals surface area contributed by atoms with Crippen LogP contribution < -0.4 is 16.0 Å². The zero-order valence-electron chi connectivity index (χ0n) is 14.3. The molecule has 3 N–H and O–H groups in total. The van der Waals surface area contributed by atoms with Crippen molar-refractivity contribution in [3.63, 3.8) is 0 Å². The Morgan fingerprint density at radius 3 is 2.52 bits per heavy atom. The Morgan fingerprint density at radius 1 is 1.26 bits per heavy atom. The predicted octanol–water partition coefficient (Wildman–Crippen LogP) is -0.375. The number of amides is 4.